The van der Waals surface area contributed by atoms with Crippen LogP contribution < -0.4 is 11.1 Å². The summed E-state index contributed by atoms with van der Waals surface area (Å²) in [6, 6.07) is 4.01. The van der Waals surface area contributed by atoms with E-state index in [9.17, 15) is 9.18 Å². The molecule has 1 aliphatic rings. The van der Waals surface area contributed by atoms with Gasteiger partial charge in [-0.2, -0.15) is 11.8 Å². The fraction of sp³-hybridized carbons (Fsp3) is 0.438. The molecule has 0 heterocycles. The second kappa shape index (κ2) is 6.97. The Bertz CT molecular complexity index is 582. The number of carbonyl (C=O) groups excluding carboxylic acids is 1. The lowest BCUT2D eigenvalue weighted by atomic mass is 9.84. The van der Waals surface area contributed by atoms with E-state index in [1.54, 1.807) is 11.8 Å². The number of thioether (sulfide) groups is 1. The zero-order valence-corrected chi connectivity index (χ0v) is 12.9. The Kier molecular flexibility index (Phi) is 5.27. The average molecular weight is 306 g/mol. The van der Waals surface area contributed by atoms with Gasteiger partial charge in [-0.1, -0.05) is 18.3 Å². The summed E-state index contributed by atoms with van der Waals surface area (Å²) < 4.78 is 13.5. The molecule has 3 nitrogen and oxygen atoms in total. The molecule has 0 aliphatic heterocycles. The summed E-state index contributed by atoms with van der Waals surface area (Å²) in [6.45, 7) is 0.807. The Labute approximate surface area is 128 Å². The number of carbonyl (C=O) groups is 1. The van der Waals surface area contributed by atoms with Crippen molar-refractivity contribution in [2.75, 3.05) is 19.3 Å². The summed E-state index contributed by atoms with van der Waals surface area (Å²) in [4.78, 5) is 12.3. The SMILES string of the molecule is CSC1(CNC(=O)c2ccc(F)cc2C#CCN)CCC1. The molecule has 1 saturated carbocycles. The van der Waals surface area contributed by atoms with E-state index in [4.69, 9.17) is 5.73 Å². The summed E-state index contributed by atoms with van der Waals surface area (Å²) in [7, 11) is 0. The molecule has 1 fully saturated rings. The maximum Gasteiger partial charge on any atom is 0.252 e. The molecule has 2 rings (SSSR count). The minimum atomic E-state index is -0.410. The Morgan fingerprint density at radius 2 is 2.29 bits per heavy atom. The predicted octanol–water partition coefficient (Wildman–Crippen LogP) is 2.15. The molecule has 21 heavy (non-hydrogen) atoms. The van der Waals surface area contributed by atoms with Crippen molar-refractivity contribution in [3.63, 3.8) is 0 Å². The Morgan fingerprint density at radius 3 is 2.86 bits per heavy atom. The molecule has 0 saturated heterocycles. The van der Waals surface area contributed by atoms with Gasteiger partial charge >= 0.3 is 0 Å². The number of halogens is 1. The summed E-state index contributed by atoms with van der Waals surface area (Å²) in [5.41, 5.74) is 6.10. The Hall–Kier alpha value is -1.51. The predicted molar refractivity (Wildman–Crippen MR) is 84.8 cm³/mol. The van der Waals surface area contributed by atoms with Crippen LogP contribution in [0.2, 0.25) is 0 Å². The van der Waals surface area contributed by atoms with Crippen LogP contribution in [0.3, 0.4) is 0 Å². The van der Waals surface area contributed by atoms with Gasteiger partial charge in [-0.05, 0) is 37.3 Å². The van der Waals surface area contributed by atoms with Crippen LogP contribution in [0.4, 0.5) is 4.39 Å². The molecule has 1 amide bonds. The molecule has 0 bridgehead atoms. The number of hydrogen-bond donors (Lipinski definition) is 2. The maximum atomic E-state index is 13.3. The van der Waals surface area contributed by atoms with Crippen LogP contribution in [0.15, 0.2) is 18.2 Å². The van der Waals surface area contributed by atoms with Crippen LogP contribution in [-0.2, 0) is 0 Å². The molecule has 1 aliphatic carbocycles. The van der Waals surface area contributed by atoms with Crippen LogP contribution in [0.1, 0.15) is 35.2 Å². The zero-order valence-electron chi connectivity index (χ0n) is 12.0. The number of benzene rings is 1. The number of nitrogens with two attached hydrogens (primary N) is 1. The normalized spacial score (nSPS) is 15.6. The molecule has 0 unspecified atom stereocenters. The lowest BCUT2D eigenvalue weighted by Crippen LogP contribution is -2.45. The highest BCUT2D eigenvalue weighted by atomic mass is 32.2. The number of nitrogens with one attached hydrogen (secondary N) is 1. The molecule has 0 spiro atoms. The first-order valence-electron chi connectivity index (χ1n) is 6.92. The highest BCUT2D eigenvalue weighted by Gasteiger charge is 2.36. The quantitative estimate of drug-likeness (QED) is 0.838. The van der Waals surface area contributed by atoms with Crippen molar-refractivity contribution in [3.8, 4) is 11.8 Å². The minimum absolute atomic E-state index is 0.165. The molecule has 0 atom stereocenters. The van der Waals surface area contributed by atoms with Gasteiger partial charge in [0.15, 0.2) is 0 Å². The number of rotatable bonds is 4. The van der Waals surface area contributed by atoms with Gasteiger partial charge < -0.3 is 11.1 Å². The van der Waals surface area contributed by atoms with E-state index in [2.05, 4.69) is 23.4 Å². The monoisotopic (exact) mass is 306 g/mol. The first-order chi connectivity index (χ1) is 10.1. The van der Waals surface area contributed by atoms with Gasteiger partial charge in [-0.25, -0.2) is 4.39 Å². The highest BCUT2D eigenvalue weighted by Crippen LogP contribution is 2.42. The molecular formula is C16H19FN2OS. The van der Waals surface area contributed by atoms with Crippen molar-refractivity contribution in [3.05, 3.63) is 35.1 Å². The van der Waals surface area contributed by atoms with Gasteiger partial charge in [-0.3, -0.25) is 4.79 Å². The average Bonchev–Trinajstić information content (AvgIpc) is 2.44. The van der Waals surface area contributed by atoms with Crippen LogP contribution in [-0.4, -0.2) is 30.0 Å². The fourth-order valence-corrected chi connectivity index (χ4v) is 3.24. The second-order valence-corrected chi connectivity index (χ2v) is 6.39. The van der Waals surface area contributed by atoms with Crippen LogP contribution in [0.25, 0.3) is 0 Å². The first-order valence-corrected chi connectivity index (χ1v) is 8.14. The van der Waals surface area contributed by atoms with Crippen LogP contribution in [0, 0.1) is 17.7 Å². The number of amides is 1. The van der Waals surface area contributed by atoms with Crippen molar-refractivity contribution in [2.24, 2.45) is 5.73 Å². The van der Waals surface area contributed by atoms with Crippen molar-refractivity contribution in [2.45, 2.75) is 24.0 Å². The van der Waals surface area contributed by atoms with E-state index in [0.717, 1.165) is 12.8 Å². The smallest absolute Gasteiger partial charge is 0.252 e. The van der Waals surface area contributed by atoms with Gasteiger partial charge in [0.25, 0.3) is 5.91 Å². The Morgan fingerprint density at radius 1 is 1.52 bits per heavy atom. The summed E-state index contributed by atoms with van der Waals surface area (Å²) in [5.74, 6) is 4.79. The van der Waals surface area contributed by atoms with E-state index in [1.807, 2.05) is 0 Å². The highest BCUT2D eigenvalue weighted by molar-refractivity contribution is 8.00. The molecule has 3 N–H and O–H groups in total. The Balaban J connectivity index is 2.11. The first kappa shape index (κ1) is 15.9. The molecule has 1 aromatic carbocycles. The topological polar surface area (TPSA) is 55.1 Å². The molecule has 1 aromatic rings. The van der Waals surface area contributed by atoms with E-state index in [-0.39, 0.29) is 17.2 Å². The molecule has 112 valence electrons. The van der Waals surface area contributed by atoms with Crippen molar-refractivity contribution >= 4 is 17.7 Å². The third kappa shape index (κ3) is 3.78. The molecular weight excluding hydrogens is 287 g/mol. The summed E-state index contributed by atoms with van der Waals surface area (Å²) >= 11 is 1.80. The molecule has 5 heteroatoms. The van der Waals surface area contributed by atoms with E-state index >= 15 is 0 Å². The van der Waals surface area contributed by atoms with Gasteiger partial charge in [0.1, 0.15) is 5.82 Å². The number of hydrogen-bond acceptors (Lipinski definition) is 3. The van der Waals surface area contributed by atoms with Crippen molar-refractivity contribution in [1.29, 1.82) is 0 Å². The minimum Gasteiger partial charge on any atom is -0.351 e. The third-order valence-electron chi connectivity index (χ3n) is 3.82. The van der Waals surface area contributed by atoms with E-state index < -0.39 is 5.82 Å². The largest absolute Gasteiger partial charge is 0.351 e. The van der Waals surface area contributed by atoms with Gasteiger partial charge in [0.2, 0.25) is 0 Å². The zero-order chi connectivity index (χ0) is 15.3. The van der Waals surface area contributed by atoms with Gasteiger partial charge in [-0.15, -0.1) is 0 Å². The molecule has 0 aromatic heterocycles. The summed E-state index contributed by atoms with van der Waals surface area (Å²) in [5, 5.41) is 2.95. The van der Waals surface area contributed by atoms with E-state index in [1.165, 1.54) is 24.6 Å². The van der Waals surface area contributed by atoms with Crippen LogP contribution >= 0.6 is 11.8 Å². The van der Waals surface area contributed by atoms with E-state index in [0.29, 0.717) is 17.7 Å². The van der Waals surface area contributed by atoms with Gasteiger partial charge in [0.05, 0.1) is 12.1 Å². The molecule has 0 radical (unpaired) electrons. The standard InChI is InChI=1S/C16H19FN2OS/c1-21-16(7-3-8-16)11-19-15(20)14-6-5-13(17)10-12(14)4-2-9-18/h5-6,10H,3,7-9,11,18H2,1H3,(H,19,20). The van der Waals surface area contributed by atoms with Gasteiger partial charge in [0, 0.05) is 16.9 Å². The van der Waals surface area contributed by atoms with Crippen molar-refractivity contribution in [1.82, 2.24) is 5.32 Å². The lowest BCUT2D eigenvalue weighted by molar-refractivity contribution is 0.0943. The lowest BCUT2D eigenvalue weighted by Gasteiger charge is -2.40. The third-order valence-corrected chi connectivity index (χ3v) is 5.24. The van der Waals surface area contributed by atoms with Crippen LogP contribution in [0.5, 0.6) is 0 Å². The second-order valence-electron chi connectivity index (χ2n) is 5.12. The maximum absolute atomic E-state index is 13.3. The van der Waals surface area contributed by atoms with Crippen molar-refractivity contribution < 1.29 is 9.18 Å². The fourth-order valence-electron chi connectivity index (χ4n) is 2.32. The summed E-state index contributed by atoms with van der Waals surface area (Å²) in [6.07, 6.45) is 5.53.